The summed E-state index contributed by atoms with van der Waals surface area (Å²) in [5.74, 6) is -1.01. The van der Waals surface area contributed by atoms with E-state index in [1.165, 1.54) is 4.90 Å². The number of carboxylic acids is 1. The average Bonchev–Trinajstić information content (AvgIpc) is 2.80. The minimum atomic E-state index is -1.21. The van der Waals surface area contributed by atoms with Gasteiger partial charge in [0.05, 0.1) is 12.7 Å². The average molecular weight is 282 g/mol. The maximum Gasteiger partial charge on any atom is 0.329 e. The molecule has 0 bridgehead atoms. The van der Waals surface area contributed by atoms with E-state index >= 15 is 0 Å². The van der Waals surface area contributed by atoms with Crippen LogP contribution in [0.2, 0.25) is 0 Å². The predicted octanol–water partition coefficient (Wildman–Crippen LogP) is 1.20. The molecule has 0 aliphatic carbocycles. The number of carbonyl (C=O) groups is 2. The van der Waals surface area contributed by atoms with Crippen molar-refractivity contribution in [3.05, 3.63) is 18.0 Å². The zero-order valence-electron chi connectivity index (χ0n) is 12.4. The topological polar surface area (TPSA) is 87.5 Å². The van der Waals surface area contributed by atoms with E-state index < -0.39 is 17.5 Å². The lowest BCUT2D eigenvalue weighted by Crippen LogP contribution is -2.56. The van der Waals surface area contributed by atoms with E-state index in [2.05, 4.69) is 10.4 Å². The molecule has 1 aromatic rings. The lowest BCUT2D eigenvalue weighted by Gasteiger charge is -2.30. The van der Waals surface area contributed by atoms with Gasteiger partial charge in [0.25, 0.3) is 0 Å². The SMILES string of the molecule is CCC(CC)(NC(=O)N(C)Cc1cnn(C)c1)C(=O)O. The van der Waals surface area contributed by atoms with Crippen molar-refractivity contribution in [2.75, 3.05) is 7.05 Å². The second kappa shape index (κ2) is 6.40. The number of hydrogen-bond donors (Lipinski definition) is 2. The summed E-state index contributed by atoms with van der Waals surface area (Å²) in [6.07, 6.45) is 4.17. The number of hydrogen-bond acceptors (Lipinski definition) is 3. The molecule has 0 unspecified atom stereocenters. The number of rotatable bonds is 6. The summed E-state index contributed by atoms with van der Waals surface area (Å²) in [6.45, 7) is 3.88. The molecule has 2 amide bonds. The van der Waals surface area contributed by atoms with E-state index in [0.29, 0.717) is 19.4 Å². The van der Waals surface area contributed by atoms with Crippen molar-refractivity contribution in [3.63, 3.8) is 0 Å². The fourth-order valence-corrected chi connectivity index (χ4v) is 1.98. The molecule has 0 aromatic carbocycles. The summed E-state index contributed by atoms with van der Waals surface area (Å²) in [6, 6.07) is -0.403. The van der Waals surface area contributed by atoms with Crippen LogP contribution >= 0.6 is 0 Å². The Hall–Kier alpha value is -2.05. The highest BCUT2D eigenvalue weighted by molar-refractivity contribution is 5.86. The van der Waals surface area contributed by atoms with Crippen molar-refractivity contribution in [3.8, 4) is 0 Å². The van der Waals surface area contributed by atoms with Gasteiger partial charge in [-0.2, -0.15) is 5.10 Å². The number of urea groups is 1. The molecule has 7 nitrogen and oxygen atoms in total. The summed E-state index contributed by atoms with van der Waals surface area (Å²) in [5, 5.41) is 15.9. The third-order valence-corrected chi connectivity index (χ3v) is 3.49. The highest BCUT2D eigenvalue weighted by Crippen LogP contribution is 2.16. The number of aryl methyl sites for hydroxylation is 1. The van der Waals surface area contributed by atoms with Crippen molar-refractivity contribution in [2.45, 2.75) is 38.8 Å². The van der Waals surface area contributed by atoms with E-state index in [-0.39, 0.29) is 0 Å². The van der Waals surface area contributed by atoms with Crippen LogP contribution in [0, 0.1) is 0 Å². The van der Waals surface area contributed by atoms with Gasteiger partial charge in [0.15, 0.2) is 0 Å². The van der Waals surface area contributed by atoms with Gasteiger partial charge < -0.3 is 15.3 Å². The maximum atomic E-state index is 12.1. The van der Waals surface area contributed by atoms with Gasteiger partial charge in [-0.15, -0.1) is 0 Å². The molecule has 1 heterocycles. The van der Waals surface area contributed by atoms with Crippen molar-refractivity contribution in [1.82, 2.24) is 20.0 Å². The molecule has 7 heteroatoms. The molecule has 0 atom stereocenters. The van der Waals surface area contributed by atoms with Crippen LogP contribution in [-0.4, -0.2) is 44.4 Å². The quantitative estimate of drug-likeness (QED) is 0.821. The standard InChI is InChI=1S/C13H22N4O3/c1-5-13(6-2,11(18)19)15-12(20)16(3)8-10-7-14-17(4)9-10/h7,9H,5-6,8H2,1-4H3,(H,15,20)(H,18,19). The number of aromatic nitrogens is 2. The molecule has 0 aliphatic heterocycles. The van der Waals surface area contributed by atoms with Gasteiger partial charge in [-0.3, -0.25) is 4.68 Å². The third-order valence-electron chi connectivity index (χ3n) is 3.49. The number of aliphatic carboxylic acids is 1. The molecule has 0 saturated carbocycles. The number of amides is 2. The van der Waals surface area contributed by atoms with Gasteiger partial charge >= 0.3 is 12.0 Å². The van der Waals surface area contributed by atoms with Crippen molar-refractivity contribution >= 4 is 12.0 Å². The summed E-state index contributed by atoms with van der Waals surface area (Å²) >= 11 is 0. The van der Waals surface area contributed by atoms with E-state index in [9.17, 15) is 14.7 Å². The molecule has 1 rings (SSSR count). The van der Waals surface area contributed by atoms with E-state index in [0.717, 1.165) is 5.56 Å². The molecular weight excluding hydrogens is 260 g/mol. The molecule has 0 saturated heterocycles. The number of nitrogens with zero attached hydrogens (tertiary/aromatic N) is 3. The minimum Gasteiger partial charge on any atom is -0.480 e. The second-order valence-corrected chi connectivity index (χ2v) is 4.90. The zero-order valence-corrected chi connectivity index (χ0v) is 12.4. The van der Waals surface area contributed by atoms with E-state index in [1.807, 2.05) is 6.20 Å². The lowest BCUT2D eigenvalue weighted by atomic mass is 9.93. The maximum absolute atomic E-state index is 12.1. The Morgan fingerprint density at radius 1 is 1.45 bits per heavy atom. The molecular formula is C13H22N4O3. The van der Waals surface area contributed by atoms with Gasteiger partial charge in [0.1, 0.15) is 5.54 Å². The first-order valence-electron chi connectivity index (χ1n) is 6.58. The zero-order chi connectivity index (χ0) is 15.3. The molecule has 0 fully saturated rings. The summed E-state index contributed by atoms with van der Waals surface area (Å²) in [4.78, 5) is 24.9. The molecule has 1 aromatic heterocycles. The van der Waals surface area contributed by atoms with Crippen LogP contribution in [0.1, 0.15) is 32.3 Å². The minimum absolute atomic E-state index is 0.339. The summed E-state index contributed by atoms with van der Waals surface area (Å²) in [5.41, 5.74) is -0.320. The van der Waals surface area contributed by atoms with Crippen molar-refractivity contribution in [2.24, 2.45) is 7.05 Å². The molecule has 20 heavy (non-hydrogen) atoms. The highest BCUT2D eigenvalue weighted by atomic mass is 16.4. The van der Waals surface area contributed by atoms with Gasteiger partial charge in [0, 0.05) is 25.9 Å². The van der Waals surface area contributed by atoms with Crippen molar-refractivity contribution in [1.29, 1.82) is 0 Å². The van der Waals surface area contributed by atoms with Crippen LogP contribution < -0.4 is 5.32 Å². The Labute approximate surface area is 118 Å². The largest absolute Gasteiger partial charge is 0.480 e. The fraction of sp³-hybridized carbons (Fsp3) is 0.615. The van der Waals surface area contributed by atoms with Crippen LogP contribution in [0.3, 0.4) is 0 Å². The van der Waals surface area contributed by atoms with E-state index in [1.54, 1.807) is 38.8 Å². The first kappa shape index (κ1) is 16.0. The first-order valence-corrected chi connectivity index (χ1v) is 6.58. The Morgan fingerprint density at radius 3 is 2.45 bits per heavy atom. The molecule has 0 aliphatic rings. The molecule has 0 radical (unpaired) electrons. The summed E-state index contributed by atoms with van der Waals surface area (Å²) in [7, 11) is 3.42. The van der Waals surface area contributed by atoms with Crippen LogP contribution in [0.15, 0.2) is 12.4 Å². The highest BCUT2D eigenvalue weighted by Gasteiger charge is 2.37. The van der Waals surface area contributed by atoms with E-state index in [4.69, 9.17) is 0 Å². The smallest absolute Gasteiger partial charge is 0.329 e. The van der Waals surface area contributed by atoms with Gasteiger partial charge in [-0.1, -0.05) is 13.8 Å². The molecule has 2 N–H and O–H groups in total. The first-order chi connectivity index (χ1) is 9.34. The normalized spacial score (nSPS) is 11.2. The Balaban J connectivity index is 2.71. The Kier molecular flexibility index (Phi) is 5.12. The van der Waals surface area contributed by atoms with Crippen LogP contribution in [0.4, 0.5) is 4.79 Å². The second-order valence-electron chi connectivity index (χ2n) is 4.90. The molecule has 0 spiro atoms. The van der Waals surface area contributed by atoms with Crippen LogP contribution in [0.5, 0.6) is 0 Å². The summed E-state index contributed by atoms with van der Waals surface area (Å²) < 4.78 is 1.65. The fourth-order valence-electron chi connectivity index (χ4n) is 1.98. The Morgan fingerprint density at radius 2 is 2.05 bits per heavy atom. The van der Waals surface area contributed by atoms with Crippen molar-refractivity contribution < 1.29 is 14.7 Å². The third kappa shape index (κ3) is 3.49. The van der Waals surface area contributed by atoms with Gasteiger partial charge in [-0.05, 0) is 12.8 Å². The van der Waals surface area contributed by atoms with Gasteiger partial charge in [-0.25, -0.2) is 9.59 Å². The number of carbonyl (C=O) groups excluding carboxylic acids is 1. The van der Waals surface area contributed by atoms with Gasteiger partial charge in [0.2, 0.25) is 0 Å². The lowest BCUT2D eigenvalue weighted by molar-refractivity contribution is -0.144. The van der Waals surface area contributed by atoms with Crippen LogP contribution in [-0.2, 0) is 18.4 Å². The Bertz CT molecular complexity index is 480. The molecule has 112 valence electrons. The monoisotopic (exact) mass is 282 g/mol. The predicted molar refractivity (Wildman–Crippen MR) is 74.2 cm³/mol. The number of nitrogens with one attached hydrogen (secondary N) is 1. The number of carboxylic acid groups (broad SMARTS) is 1. The van der Waals surface area contributed by atoms with Crippen LogP contribution in [0.25, 0.3) is 0 Å².